The number of nitrogens with one attached hydrogen (secondary N) is 1. The lowest BCUT2D eigenvalue weighted by atomic mass is 10.3. The van der Waals surface area contributed by atoms with Gasteiger partial charge in [-0.25, -0.2) is 8.78 Å². The molecule has 0 unspecified atom stereocenters. The van der Waals surface area contributed by atoms with Gasteiger partial charge in [-0.1, -0.05) is 0 Å². The SMILES string of the molecule is Fc1cc(F)cc(OCCNCC2CC2)c1. The average molecular weight is 227 g/mol. The molecule has 0 heterocycles. The average Bonchev–Trinajstić information content (AvgIpc) is 2.99. The van der Waals surface area contributed by atoms with Gasteiger partial charge in [-0.05, 0) is 25.3 Å². The first-order valence-corrected chi connectivity index (χ1v) is 5.53. The molecule has 88 valence electrons. The van der Waals surface area contributed by atoms with E-state index in [9.17, 15) is 8.78 Å². The number of benzene rings is 1. The molecule has 0 spiro atoms. The molecule has 0 aromatic heterocycles. The largest absolute Gasteiger partial charge is 0.492 e. The number of ether oxygens (including phenoxy) is 1. The van der Waals surface area contributed by atoms with Gasteiger partial charge in [-0.3, -0.25) is 0 Å². The molecule has 1 saturated carbocycles. The first-order chi connectivity index (χ1) is 7.74. The molecule has 0 radical (unpaired) electrons. The van der Waals surface area contributed by atoms with E-state index in [0.717, 1.165) is 18.5 Å². The maximum absolute atomic E-state index is 12.8. The van der Waals surface area contributed by atoms with E-state index in [1.54, 1.807) is 0 Å². The van der Waals surface area contributed by atoms with Crippen molar-refractivity contribution in [1.82, 2.24) is 5.32 Å². The molecule has 1 aromatic rings. The van der Waals surface area contributed by atoms with Crippen LogP contribution in [0.3, 0.4) is 0 Å². The molecule has 0 aliphatic heterocycles. The fourth-order valence-corrected chi connectivity index (χ4v) is 1.48. The molecular weight excluding hydrogens is 212 g/mol. The van der Waals surface area contributed by atoms with Crippen LogP contribution in [0, 0.1) is 17.6 Å². The van der Waals surface area contributed by atoms with Crippen LogP contribution in [0.1, 0.15) is 12.8 Å². The fourth-order valence-electron chi connectivity index (χ4n) is 1.48. The van der Waals surface area contributed by atoms with Crippen molar-refractivity contribution in [3.8, 4) is 5.75 Å². The Balaban J connectivity index is 1.67. The summed E-state index contributed by atoms with van der Waals surface area (Å²) < 4.78 is 30.8. The maximum Gasteiger partial charge on any atom is 0.129 e. The van der Waals surface area contributed by atoms with Crippen molar-refractivity contribution in [2.45, 2.75) is 12.8 Å². The summed E-state index contributed by atoms with van der Waals surface area (Å²) in [4.78, 5) is 0. The lowest BCUT2D eigenvalue weighted by molar-refractivity contribution is 0.310. The van der Waals surface area contributed by atoms with E-state index in [2.05, 4.69) is 5.32 Å². The van der Waals surface area contributed by atoms with Crippen LogP contribution in [-0.2, 0) is 0 Å². The number of rotatable bonds is 6. The molecule has 0 amide bonds. The topological polar surface area (TPSA) is 21.3 Å². The Morgan fingerprint density at radius 1 is 1.19 bits per heavy atom. The second-order valence-electron chi connectivity index (χ2n) is 4.10. The van der Waals surface area contributed by atoms with Crippen molar-refractivity contribution >= 4 is 0 Å². The normalized spacial score (nSPS) is 15.1. The smallest absolute Gasteiger partial charge is 0.129 e. The van der Waals surface area contributed by atoms with Crippen molar-refractivity contribution in [2.75, 3.05) is 19.7 Å². The van der Waals surface area contributed by atoms with E-state index in [4.69, 9.17) is 4.74 Å². The molecule has 4 heteroatoms. The highest BCUT2D eigenvalue weighted by Crippen LogP contribution is 2.27. The van der Waals surface area contributed by atoms with Crippen LogP contribution in [0.2, 0.25) is 0 Å². The first kappa shape index (κ1) is 11.3. The van der Waals surface area contributed by atoms with Gasteiger partial charge >= 0.3 is 0 Å². The number of hydrogen-bond acceptors (Lipinski definition) is 2. The molecule has 1 fully saturated rings. The van der Waals surface area contributed by atoms with Crippen LogP contribution in [0.4, 0.5) is 8.78 Å². The Hall–Kier alpha value is -1.16. The molecule has 1 aliphatic carbocycles. The molecule has 2 nitrogen and oxygen atoms in total. The summed E-state index contributed by atoms with van der Waals surface area (Å²) in [6.07, 6.45) is 2.62. The molecule has 16 heavy (non-hydrogen) atoms. The van der Waals surface area contributed by atoms with Gasteiger partial charge < -0.3 is 10.1 Å². The summed E-state index contributed by atoms with van der Waals surface area (Å²) in [5.74, 6) is -0.154. The third kappa shape index (κ3) is 3.77. The van der Waals surface area contributed by atoms with E-state index >= 15 is 0 Å². The van der Waals surface area contributed by atoms with Crippen LogP contribution < -0.4 is 10.1 Å². The summed E-state index contributed by atoms with van der Waals surface area (Å²) in [5, 5.41) is 3.23. The van der Waals surface area contributed by atoms with Crippen molar-refractivity contribution in [3.05, 3.63) is 29.8 Å². The minimum Gasteiger partial charge on any atom is -0.492 e. The molecule has 0 bridgehead atoms. The Kier molecular flexibility index (Phi) is 3.72. The Morgan fingerprint density at radius 2 is 1.88 bits per heavy atom. The van der Waals surface area contributed by atoms with Gasteiger partial charge in [0.25, 0.3) is 0 Å². The summed E-state index contributed by atoms with van der Waals surface area (Å²) in [6, 6.07) is 3.20. The highest BCUT2D eigenvalue weighted by Gasteiger charge is 2.19. The summed E-state index contributed by atoms with van der Waals surface area (Å²) in [5.41, 5.74) is 0. The Bertz CT molecular complexity index is 333. The van der Waals surface area contributed by atoms with E-state index in [1.807, 2.05) is 0 Å². The third-order valence-electron chi connectivity index (χ3n) is 2.51. The molecule has 0 saturated heterocycles. The minimum absolute atomic E-state index is 0.241. The van der Waals surface area contributed by atoms with Gasteiger partial charge in [0.15, 0.2) is 0 Å². The first-order valence-electron chi connectivity index (χ1n) is 5.53. The van der Waals surface area contributed by atoms with Gasteiger partial charge in [0, 0.05) is 24.7 Å². The second-order valence-corrected chi connectivity index (χ2v) is 4.10. The van der Waals surface area contributed by atoms with Crippen LogP contribution in [0.15, 0.2) is 18.2 Å². The highest BCUT2D eigenvalue weighted by atomic mass is 19.1. The van der Waals surface area contributed by atoms with Crippen LogP contribution in [0.25, 0.3) is 0 Å². The standard InChI is InChI=1S/C12H15F2NO/c13-10-5-11(14)7-12(6-10)16-4-3-15-8-9-1-2-9/h5-7,9,15H,1-4,8H2. The van der Waals surface area contributed by atoms with Gasteiger partial charge in [0.2, 0.25) is 0 Å². The second kappa shape index (κ2) is 5.25. The van der Waals surface area contributed by atoms with Crippen LogP contribution in [-0.4, -0.2) is 19.7 Å². The summed E-state index contributed by atoms with van der Waals surface area (Å²) >= 11 is 0. The summed E-state index contributed by atoms with van der Waals surface area (Å²) in [6.45, 7) is 2.14. The van der Waals surface area contributed by atoms with Crippen LogP contribution >= 0.6 is 0 Å². The lowest BCUT2D eigenvalue weighted by Gasteiger charge is -2.07. The third-order valence-corrected chi connectivity index (χ3v) is 2.51. The Labute approximate surface area is 93.6 Å². The van der Waals surface area contributed by atoms with E-state index in [1.165, 1.54) is 25.0 Å². The monoisotopic (exact) mass is 227 g/mol. The quantitative estimate of drug-likeness (QED) is 0.753. The van der Waals surface area contributed by atoms with E-state index in [-0.39, 0.29) is 5.75 Å². The van der Waals surface area contributed by atoms with Crippen molar-refractivity contribution < 1.29 is 13.5 Å². The number of halogens is 2. The van der Waals surface area contributed by atoms with Gasteiger partial charge in [0.1, 0.15) is 24.0 Å². The predicted molar refractivity (Wildman–Crippen MR) is 57.4 cm³/mol. The van der Waals surface area contributed by atoms with Crippen LogP contribution in [0.5, 0.6) is 5.75 Å². The molecule has 2 rings (SSSR count). The molecule has 1 aliphatic rings. The molecule has 0 atom stereocenters. The van der Waals surface area contributed by atoms with E-state index in [0.29, 0.717) is 13.2 Å². The van der Waals surface area contributed by atoms with Gasteiger partial charge in [0.05, 0.1) is 0 Å². The molecular formula is C12H15F2NO. The van der Waals surface area contributed by atoms with Crippen molar-refractivity contribution in [1.29, 1.82) is 0 Å². The zero-order valence-corrected chi connectivity index (χ0v) is 9.01. The van der Waals surface area contributed by atoms with Crippen molar-refractivity contribution in [3.63, 3.8) is 0 Å². The fraction of sp³-hybridized carbons (Fsp3) is 0.500. The minimum atomic E-state index is -0.610. The number of hydrogen-bond donors (Lipinski definition) is 1. The van der Waals surface area contributed by atoms with E-state index < -0.39 is 11.6 Å². The predicted octanol–water partition coefficient (Wildman–Crippen LogP) is 2.34. The zero-order valence-electron chi connectivity index (χ0n) is 9.01. The molecule has 1 aromatic carbocycles. The lowest BCUT2D eigenvalue weighted by Crippen LogP contribution is -2.23. The van der Waals surface area contributed by atoms with Crippen molar-refractivity contribution in [2.24, 2.45) is 5.92 Å². The zero-order chi connectivity index (χ0) is 11.4. The Morgan fingerprint density at radius 3 is 2.50 bits per heavy atom. The van der Waals surface area contributed by atoms with Gasteiger partial charge in [-0.15, -0.1) is 0 Å². The molecule has 1 N–H and O–H groups in total. The summed E-state index contributed by atoms with van der Waals surface area (Å²) in [7, 11) is 0. The van der Waals surface area contributed by atoms with Gasteiger partial charge in [-0.2, -0.15) is 0 Å². The highest BCUT2D eigenvalue weighted by molar-refractivity contribution is 5.23. The maximum atomic E-state index is 12.8.